The molecule has 25 heavy (non-hydrogen) atoms. The summed E-state index contributed by atoms with van der Waals surface area (Å²) in [4.78, 5) is 26.2. The minimum absolute atomic E-state index is 0.0418. The number of carboxylic acid groups (broad SMARTS) is 1. The Bertz CT molecular complexity index is 985. The number of hydrogen-bond donors (Lipinski definition) is 2. The van der Waals surface area contributed by atoms with Crippen molar-refractivity contribution in [3.63, 3.8) is 0 Å². The summed E-state index contributed by atoms with van der Waals surface area (Å²) >= 11 is 0. The molecule has 0 aliphatic heterocycles. The molecule has 1 aromatic heterocycles. The number of carbonyl (C=O) groups is 1. The average Bonchev–Trinajstić information content (AvgIpc) is 2.58. The normalized spacial score (nSPS) is 10.6. The summed E-state index contributed by atoms with van der Waals surface area (Å²) in [5.74, 6) is -0.970. The van der Waals surface area contributed by atoms with Crippen molar-refractivity contribution in [3.05, 3.63) is 69.9 Å². The van der Waals surface area contributed by atoms with Crippen molar-refractivity contribution in [1.29, 1.82) is 0 Å². The molecule has 0 bridgehead atoms. The lowest BCUT2D eigenvalue weighted by Crippen LogP contribution is -2.08. The second kappa shape index (κ2) is 6.56. The first-order valence-corrected chi connectivity index (χ1v) is 7.57. The van der Waals surface area contributed by atoms with Crippen molar-refractivity contribution in [2.24, 2.45) is 0 Å². The van der Waals surface area contributed by atoms with Gasteiger partial charge in [-0.05, 0) is 19.1 Å². The smallest absolute Gasteiger partial charge is 0.307 e. The van der Waals surface area contributed by atoms with E-state index in [2.05, 4.69) is 10.3 Å². The summed E-state index contributed by atoms with van der Waals surface area (Å²) in [5, 5.41) is 24.1. The largest absolute Gasteiger partial charge is 0.481 e. The number of hydrogen-bond acceptors (Lipinski definition) is 5. The molecule has 0 saturated carbocycles. The number of carboxylic acids is 1. The van der Waals surface area contributed by atoms with Gasteiger partial charge in [0.05, 0.1) is 22.5 Å². The fourth-order valence-electron chi connectivity index (χ4n) is 2.73. The maximum Gasteiger partial charge on any atom is 0.307 e. The van der Waals surface area contributed by atoms with Crippen LogP contribution in [0.3, 0.4) is 0 Å². The molecule has 0 unspecified atom stereocenters. The molecule has 3 aromatic rings. The summed E-state index contributed by atoms with van der Waals surface area (Å²) in [5.41, 5.74) is 2.95. The van der Waals surface area contributed by atoms with E-state index < -0.39 is 10.9 Å². The Kier molecular flexibility index (Phi) is 4.30. The van der Waals surface area contributed by atoms with Crippen LogP contribution in [0.15, 0.2) is 48.5 Å². The molecule has 0 spiro atoms. The number of nitrogens with zero attached hydrogens (tertiary/aromatic N) is 2. The van der Waals surface area contributed by atoms with E-state index in [4.69, 9.17) is 0 Å². The molecule has 0 fully saturated rings. The van der Waals surface area contributed by atoms with Crippen molar-refractivity contribution in [2.45, 2.75) is 13.3 Å². The van der Waals surface area contributed by atoms with Gasteiger partial charge in [0.25, 0.3) is 5.69 Å². The van der Waals surface area contributed by atoms with Gasteiger partial charge >= 0.3 is 5.97 Å². The zero-order valence-corrected chi connectivity index (χ0v) is 13.4. The number of para-hydroxylation sites is 1. The second-order valence-corrected chi connectivity index (χ2v) is 5.57. The highest BCUT2D eigenvalue weighted by molar-refractivity contribution is 5.96. The number of pyridine rings is 1. The summed E-state index contributed by atoms with van der Waals surface area (Å²) in [6.45, 7) is 1.75. The Labute approximate surface area is 143 Å². The first-order chi connectivity index (χ1) is 12.0. The lowest BCUT2D eigenvalue weighted by atomic mass is 10.0. The quantitative estimate of drug-likeness (QED) is 0.541. The predicted octanol–water partition coefficient (Wildman–Crippen LogP) is 3.82. The molecule has 0 atom stereocenters. The Hall–Kier alpha value is -3.48. The van der Waals surface area contributed by atoms with E-state index in [0.29, 0.717) is 22.6 Å². The van der Waals surface area contributed by atoms with E-state index >= 15 is 0 Å². The molecular weight excluding hydrogens is 322 g/mol. The van der Waals surface area contributed by atoms with Crippen LogP contribution in [0.4, 0.5) is 17.1 Å². The van der Waals surface area contributed by atoms with Crippen LogP contribution in [0.2, 0.25) is 0 Å². The van der Waals surface area contributed by atoms with Crippen LogP contribution in [0.5, 0.6) is 0 Å². The highest BCUT2D eigenvalue weighted by atomic mass is 16.6. The molecule has 0 radical (unpaired) electrons. The van der Waals surface area contributed by atoms with Crippen molar-refractivity contribution in [1.82, 2.24) is 4.98 Å². The molecule has 2 N–H and O–H groups in total. The van der Waals surface area contributed by atoms with Gasteiger partial charge in [-0.25, -0.2) is 0 Å². The molecule has 2 aromatic carbocycles. The molecule has 1 heterocycles. The van der Waals surface area contributed by atoms with E-state index in [-0.39, 0.29) is 12.1 Å². The summed E-state index contributed by atoms with van der Waals surface area (Å²) in [6, 6.07) is 13.5. The molecule has 0 amide bonds. The third-order valence-corrected chi connectivity index (χ3v) is 3.85. The van der Waals surface area contributed by atoms with Crippen LogP contribution in [-0.4, -0.2) is 21.0 Å². The number of fused-ring (bicyclic) bond motifs is 1. The summed E-state index contributed by atoms with van der Waals surface area (Å²) < 4.78 is 0. The van der Waals surface area contributed by atoms with Crippen LogP contribution >= 0.6 is 0 Å². The third-order valence-electron chi connectivity index (χ3n) is 3.85. The lowest BCUT2D eigenvalue weighted by molar-refractivity contribution is -0.384. The van der Waals surface area contributed by atoms with Gasteiger partial charge in [-0.3, -0.25) is 19.9 Å². The molecular formula is C18H15N3O4. The maximum absolute atomic E-state index is 11.3. The van der Waals surface area contributed by atoms with E-state index in [1.165, 1.54) is 12.1 Å². The second-order valence-electron chi connectivity index (χ2n) is 5.57. The first-order valence-electron chi connectivity index (χ1n) is 7.57. The SMILES string of the molecule is Cc1nc2ccccc2c(Nc2cccc([N+](=O)[O-])c2)c1CC(=O)O. The monoisotopic (exact) mass is 337 g/mol. The molecule has 0 aliphatic carbocycles. The summed E-state index contributed by atoms with van der Waals surface area (Å²) in [7, 11) is 0. The lowest BCUT2D eigenvalue weighted by Gasteiger charge is -2.16. The van der Waals surface area contributed by atoms with Gasteiger partial charge in [0.1, 0.15) is 0 Å². The Morgan fingerprint density at radius 1 is 1.24 bits per heavy atom. The Morgan fingerprint density at radius 3 is 2.72 bits per heavy atom. The van der Waals surface area contributed by atoms with Crippen molar-refractivity contribution in [2.75, 3.05) is 5.32 Å². The highest BCUT2D eigenvalue weighted by Crippen LogP contribution is 2.32. The fraction of sp³-hybridized carbons (Fsp3) is 0.111. The number of aromatic nitrogens is 1. The van der Waals surface area contributed by atoms with Crippen molar-refractivity contribution in [3.8, 4) is 0 Å². The van der Waals surface area contributed by atoms with E-state index in [9.17, 15) is 20.0 Å². The number of non-ortho nitro benzene ring substituents is 1. The maximum atomic E-state index is 11.3. The van der Waals surface area contributed by atoms with Crippen LogP contribution in [0.1, 0.15) is 11.3 Å². The molecule has 3 rings (SSSR count). The number of nitro groups is 1. The highest BCUT2D eigenvalue weighted by Gasteiger charge is 2.16. The minimum Gasteiger partial charge on any atom is -0.481 e. The van der Waals surface area contributed by atoms with Gasteiger partial charge in [0.2, 0.25) is 0 Å². The van der Waals surface area contributed by atoms with E-state index in [1.807, 2.05) is 24.3 Å². The molecule has 126 valence electrons. The average molecular weight is 337 g/mol. The molecule has 0 aliphatic rings. The van der Waals surface area contributed by atoms with Gasteiger partial charge in [-0.2, -0.15) is 0 Å². The zero-order chi connectivity index (χ0) is 18.0. The Balaban J connectivity index is 2.17. The van der Waals surface area contributed by atoms with Crippen LogP contribution < -0.4 is 5.32 Å². The van der Waals surface area contributed by atoms with Crippen LogP contribution in [-0.2, 0) is 11.2 Å². The molecule has 0 saturated heterocycles. The first kappa shape index (κ1) is 16.4. The van der Waals surface area contributed by atoms with Crippen LogP contribution in [0.25, 0.3) is 10.9 Å². The number of aryl methyl sites for hydroxylation is 1. The standard InChI is InChI=1S/C18H15N3O4/c1-11-15(10-17(22)23)18(14-7-2-3-8-16(14)19-11)20-12-5-4-6-13(9-12)21(24)25/h2-9H,10H2,1H3,(H,19,20)(H,22,23). The Morgan fingerprint density at radius 2 is 2.00 bits per heavy atom. The van der Waals surface area contributed by atoms with Crippen molar-refractivity contribution < 1.29 is 14.8 Å². The molecule has 7 heteroatoms. The van der Waals surface area contributed by atoms with E-state index in [1.54, 1.807) is 19.1 Å². The fourth-order valence-corrected chi connectivity index (χ4v) is 2.73. The number of nitro benzene ring substituents is 1. The third kappa shape index (κ3) is 3.40. The van der Waals surface area contributed by atoms with Gasteiger partial charge in [0.15, 0.2) is 0 Å². The van der Waals surface area contributed by atoms with Gasteiger partial charge in [0, 0.05) is 34.5 Å². The number of rotatable bonds is 5. The van der Waals surface area contributed by atoms with Crippen molar-refractivity contribution >= 4 is 33.9 Å². The number of anilines is 2. The van der Waals surface area contributed by atoms with E-state index in [0.717, 1.165) is 10.9 Å². The topological polar surface area (TPSA) is 105 Å². The number of aliphatic carboxylic acids is 1. The minimum atomic E-state index is -0.970. The van der Waals surface area contributed by atoms with Crippen LogP contribution in [0, 0.1) is 17.0 Å². The van der Waals surface area contributed by atoms with Gasteiger partial charge in [-0.1, -0.05) is 24.3 Å². The number of benzene rings is 2. The predicted molar refractivity (Wildman–Crippen MR) is 94.2 cm³/mol. The zero-order valence-electron chi connectivity index (χ0n) is 13.4. The van der Waals surface area contributed by atoms with Gasteiger partial charge in [-0.15, -0.1) is 0 Å². The summed E-state index contributed by atoms with van der Waals surface area (Å²) in [6.07, 6.45) is -0.194. The molecule has 7 nitrogen and oxygen atoms in total. The number of nitrogens with one attached hydrogen (secondary N) is 1. The van der Waals surface area contributed by atoms with Gasteiger partial charge < -0.3 is 10.4 Å².